The molecule has 1 aromatic carbocycles. The number of ether oxygens (including phenoxy) is 2. The second-order valence-electron chi connectivity index (χ2n) is 6.55. The molecule has 1 aliphatic heterocycles. The number of piperazine rings is 1. The molecular weight excluding hydrogens is 346 g/mol. The third kappa shape index (κ3) is 5.60. The van der Waals surface area contributed by atoms with Gasteiger partial charge in [-0.25, -0.2) is 0 Å². The first kappa shape index (κ1) is 21.0. The van der Waals surface area contributed by atoms with Gasteiger partial charge in [0.25, 0.3) is 5.91 Å². The summed E-state index contributed by atoms with van der Waals surface area (Å²) in [6.07, 6.45) is 0.530. The molecular formula is C20H31N3O4. The number of carbonyl (C=O) groups excluding carboxylic acids is 2. The van der Waals surface area contributed by atoms with Crippen molar-refractivity contribution >= 4 is 11.8 Å². The van der Waals surface area contributed by atoms with Gasteiger partial charge in [-0.15, -0.1) is 0 Å². The van der Waals surface area contributed by atoms with E-state index in [1.807, 2.05) is 4.90 Å². The van der Waals surface area contributed by atoms with E-state index in [-0.39, 0.29) is 11.8 Å². The van der Waals surface area contributed by atoms with Crippen LogP contribution >= 0.6 is 0 Å². The lowest BCUT2D eigenvalue weighted by Crippen LogP contribution is -2.51. The minimum atomic E-state index is -0.0672. The molecule has 0 aromatic heterocycles. The Balaban J connectivity index is 1.91. The van der Waals surface area contributed by atoms with Gasteiger partial charge in [0.1, 0.15) is 11.5 Å². The monoisotopic (exact) mass is 377 g/mol. The predicted octanol–water partition coefficient (Wildman–Crippen LogP) is 1.72. The summed E-state index contributed by atoms with van der Waals surface area (Å²) >= 11 is 0. The van der Waals surface area contributed by atoms with Crippen molar-refractivity contribution in [1.82, 2.24) is 14.7 Å². The quantitative estimate of drug-likeness (QED) is 0.690. The Morgan fingerprint density at radius 1 is 0.926 bits per heavy atom. The van der Waals surface area contributed by atoms with Crippen molar-refractivity contribution in [3.05, 3.63) is 23.8 Å². The molecule has 1 saturated heterocycles. The highest BCUT2D eigenvalue weighted by molar-refractivity contribution is 5.95. The van der Waals surface area contributed by atoms with Crippen LogP contribution in [0.4, 0.5) is 0 Å². The first-order valence-corrected chi connectivity index (χ1v) is 9.54. The van der Waals surface area contributed by atoms with Crippen LogP contribution in [0.5, 0.6) is 11.5 Å². The third-order valence-electron chi connectivity index (χ3n) is 5.05. The van der Waals surface area contributed by atoms with E-state index in [1.165, 1.54) is 0 Å². The van der Waals surface area contributed by atoms with Crippen molar-refractivity contribution in [3.8, 4) is 11.5 Å². The van der Waals surface area contributed by atoms with Gasteiger partial charge in [-0.1, -0.05) is 13.8 Å². The number of carbonyl (C=O) groups is 2. The van der Waals surface area contributed by atoms with Crippen molar-refractivity contribution < 1.29 is 19.1 Å². The molecule has 7 heteroatoms. The molecule has 0 aliphatic carbocycles. The summed E-state index contributed by atoms with van der Waals surface area (Å²) in [5.74, 6) is 1.27. The van der Waals surface area contributed by atoms with E-state index in [1.54, 1.807) is 37.3 Å². The average molecular weight is 377 g/mol. The predicted molar refractivity (Wildman–Crippen MR) is 104 cm³/mol. The lowest BCUT2D eigenvalue weighted by Gasteiger charge is -2.35. The molecule has 150 valence electrons. The minimum Gasteiger partial charge on any atom is -0.497 e. The van der Waals surface area contributed by atoms with E-state index in [4.69, 9.17) is 9.47 Å². The summed E-state index contributed by atoms with van der Waals surface area (Å²) in [7, 11) is 3.12. The largest absolute Gasteiger partial charge is 0.497 e. The molecule has 1 heterocycles. The average Bonchev–Trinajstić information content (AvgIpc) is 2.73. The van der Waals surface area contributed by atoms with Crippen molar-refractivity contribution in [2.45, 2.75) is 20.3 Å². The number of amides is 2. The Morgan fingerprint density at radius 3 is 1.93 bits per heavy atom. The standard InChI is InChI=1S/C20H31N3O4/c1-5-21(6-2)8-7-19(24)22-9-11-23(12-10-22)20(25)16-13-17(26-3)15-18(14-16)27-4/h13-15H,5-12H2,1-4H3. The van der Waals surface area contributed by atoms with Crippen LogP contribution in [0.2, 0.25) is 0 Å². The molecule has 0 bridgehead atoms. The highest BCUT2D eigenvalue weighted by atomic mass is 16.5. The number of hydrogen-bond acceptors (Lipinski definition) is 5. The maximum Gasteiger partial charge on any atom is 0.254 e. The summed E-state index contributed by atoms with van der Waals surface area (Å²) in [6.45, 7) is 9.12. The molecule has 2 amide bonds. The van der Waals surface area contributed by atoms with Gasteiger partial charge in [0.15, 0.2) is 0 Å². The molecule has 1 aromatic rings. The zero-order chi connectivity index (χ0) is 19.8. The Morgan fingerprint density at radius 2 is 1.44 bits per heavy atom. The summed E-state index contributed by atoms with van der Waals surface area (Å²) < 4.78 is 10.5. The first-order valence-electron chi connectivity index (χ1n) is 9.54. The van der Waals surface area contributed by atoms with Gasteiger partial charge in [0, 0.05) is 50.8 Å². The number of hydrogen-bond donors (Lipinski definition) is 0. The highest BCUT2D eigenvalue weighted by Gasteiger charge is 2.25. The minimum absolute atomic E-state index is 0.0672. The summed E-state index contributed by atoms with van der Waals surface area (Å²) in [4.78, 5) is 31.1. The van der Waals surface area contributed by atoms with Gasteiger partial charge < -0.3 is 24.2 Å². The fourth-order valence-electron chi connectivity index (χ4n) is 3.22. The Labute approximate surface area is 161 Å². The van der Waals surface area contributed by atoms with Gasteiger partial charge in [0.05, 0.1) is 14.2 Å². The molecule has 1 aliphatic rings. The van der Waals surface area contributed by atoms with E-state index in [9.17, 15) is 9.59 Å². The van der Waals surface area contributed by atoms with E-state index < -0.39 is 0 Å². The number of nitrogens with zero attached hydrogens (tertiary/aromatic N) is 3. The molecule has 27 heavy (non-hydrogen) atoms. The van der Waals surface area contributed by atoms with Crippen LogP contribution in [0, 0.1) is 0 Å². The highest BCUT2D eigenvalue weighted by Crippen LogP contribution is 2.23. The van der Waals surface area contributed by atoms with Gasteiger partial charge in [-0.3, -0.25) is 9.59 Å². The van der Waals surface area contributed by atoms with Gasteiger partial charge in [-0.2, -0.15) is 0 Å². The number of rotatable bonds is 8. The molecule has 0 spiro atoms. The van der Waals surface area contributed by atoms with E-state index in [0.717, 1.165) is 19.6 Å². The lowest BCUT2D eigenvalue weighted by molar-refractivity contribution is -0.133. The van der Waals surface area contributed by atoms with Crippen LogP contribution in [-0.4, -0.2) is 86.5 Å². The van der Waals surface area contributed by atoms with Gasteiger partial charge in [-0.05, 0) is 25.2 Å². The fourth-order valence-corrected chi connectivity index (χ4v) is 3.22. The van der Waals surface area contributed by atoms with Crippen LogP contribution in [-0.2, 0) is 4.79 Å². The first-order chi connectivity index (χ1) is 13.0. The van der Waals surface area contributed by atoms with E-state index in [2.05, 4.69) is 18.7 Å². The van der Waals surface area contributed by atoms with Crippen LogP contribution in [0.3, 0.4) is 0 Å². The molecule has 0 atom stereocenters. The second-order valence-corrected chi connectivity index (χ2v) is 6.55. The Hall–Kier alpha value is -2.28. The third-order valence-corrected chi connectivity index (χ3v) is 5.05. The van der Waals surface area contributed by atoms with E-state index >= 15 is 0 Å². The van der Waals surface area contributed by atoms with Gasteiger partial charge >= 0.3 is 0 Å². The second kappa shape index (κ2) is 10.2. The normalized spacial score (nSPS) is 14.4. The van der Waals surface area contributed by atoms with Crippen LogP contribution in [0.1, 0.15) is 30.6 Å². The molecule has 0 N–H and O–H groups in total. The maximum absolute atomic E-state index is 12.8. The molecule has 0 unspecified atom stereocenters. The van der Waals surface area contributed by atoms with Crippen LogP contribution < -0.4 is 9.47 Å². The van der Waals surface area contributed by atoms with Crippen molar-refractivity contribution in [2.24, 2.45) is 0 Å². The van der Waals surface area contributed by atoms with E-state index in [0.29, 0.717) is 49.7 Å². The maximum atomic E-state index is 12.8. The molecule has 0 radical (unpaired) electrons. The zero-order valence-corrected chi connectivity index (χ0v) is 16.9. The smallest absolute Gasteiger partial charge is 0.254 e. The molecule has 7 nitrogen and oxygen atoms in total. The van der Waals surface area contributed by atoms with Crippen LogP contribution in [0.15, 0.2) is 18.2 Å². The van der Waals surface area contributed by atoms with Crippen molar-refractivity contribution in [1.29, 1.82) is 0 Å². The summed E-state index contributed by atoms with van der Waals surface area (Å²) in [5, 5.41) is 0. The Bertz CT molecular complexity index is 616. The van der Waals surface area contributed by atoms with Crippen molar-refractivity contribution in [3.63, 3.8) is 0 Å². The van der Waals surface area contributed by atoms with Crippen LogP contribution in [0.25, 0.3) is 0 Å². The Kier molecular flexibility index (Phi) is 7.91. The number of methoxy groups -OCH3 is 2. The molecule has 1 fully saturated rings. The zero-order valence-electron chi connectivity index (χ0n) is 16.9. The fraction of sp³-hybridized carbons (Fsp3) is 0.600. The molecule has 0 saturated carbocycles. The summed E-state index contributed by atoms with van der Waals surface area (Å²) in [5.41, 5.74) is 0.535. The van der Waals surface area contributed by atoms with Crippen molar-refractivity contribution in [2.75, 3.05) is 60.0 Å². The van der Waals surface area contributed by atoms with Gasteiger partial charge in [0.2, 0.25) is 5.91 Å². The topological polar surface area (TPSA) is 62.3 Å². The summed E-state index contributed by atoms with van der Waals surface area (Å²) in [6, 6.07) is 5.17. The number of benzene rings is 1. The molecule has 2 rings (SSSR count). The SMILES string of the molecule is CCN(CC)CCC(=O)N1CCN(C(=O)c2cc(OC)cc(OC)c2)CC1. The lowest BCUT2D eigenvalue weighted by atomic mass is 10.1.